The van der Waals surface area contributed by atoms with Crippen LogP contribution in [0.5, 0.6) is 0 Å². The van der Waals surface area contributed by atoms with Crippen molar-refractivity contribution in [3.05, 3.63) is 46.0 Å². The number of hydrazone groups is 1. The number of pyridine rings is 1. The second kappa shape index (κ2) is 6.42. The summed E-state index contributed by atoms with van der Waals surface area (Å²) in [6.07, 6.45) is 4.88. The first-order valence-electron chi connectivity index (χ1n) is 5.99. The van der Waals surface area contributed by atoms with Crippen LogP contribution in [0.3, 0.4) is 0 Å². The molecule has 0 aromatic carbocycles. The van der Waals surface area contributed by atoms with Crippen LogP contribution in [0.1, 0.15) is 17.0 Å². The van der Waals surface area contributed by atoms with Gasteiger partial charge in [-0.05, 0) is 35.8 Å². The zero-order chi connectivity index (χ0) is 14.5. The minimum atomic E-state index is -0.233. The third kappa shape index (κ3) is 3.51. The van der Waals surface area contributed by atoms with E-state index < -0.39 is 0 Å². The van der Waals surface area contributed by atoms with E-state index in [0.29, 0.717) is 0 Å². The molecule has 0 atom stereocenters. The van der Waals surface area contributed by atoms with E-state index in [4.69, 9.17) is 0 Å². The second-order valence-electron chi connectivity index (χ2n) is 4.22. The number of carbonyl (C=O) groups is 1. The largest absolute Gasteiger partial charge is 0.271 e. The fraction of sp³-hybridized carbons (Fsp3) is 0.231. The number of aryl methyl sites for hydroxylation is 1. The molecule has 0 saturated carbocycles. The summed E-state index contributed by atoms with van der Waals surface area (Å²) < 4.78 is 2.55. The minimum absolute atomic E-state index is 0.128. The molecule has 2 aromatic rings. The van der Waals surface area contributed by atoms with Gasteiger partial charge in [-0.15, -0.1) is 0 Å². The smallest absolute Gasteiger partial charge is 0.261 e. The third-order valence-corrected chi connectivity index (χ3v) is 3.82. The van der Waals surface area contributed by atoms with Gasteiger partial charge < -0.3 is 0 Å². The number of rotatable bonds is 4. The highest BCUT2D eigenvalue weighted by Crippen LogP contribution is 2.19. The van der Waals surface area contributed by atoms with Crippen LogP contribution < -0.4 is 5.43 Å². The van der Waals surface area contributed by atoms with Crippen molar-refractivity contribution < 1.29 is 4.79 Å². The van der Waals surface area contributed by atoms with Crippen molar-refractivity contribution in [2.75, 3.05) is 0 Å². The first-order valence-corrected chi connectivity index (χ1v) is 6.78. The summed E-state index contributed by atoms with van der Waals surface area (Å²) in [4.78, 5) is 15.7. The van der Waals surface area contributed by atoms with Crippen molar-refractivity contribution in [2.24, 2.45) is 5.10 Å². The van der Waals surface area contributed by atoms with E-state index in [1.165, 1.54) is 0 Å². The Morgan fingerprint density at radius 2 is 2.35 bits per heavy atom. The van der Waals surface area contributed by atoms with Gasteiger partial charge in [0.25, 0.3) is 5.91 Å². The molecular formula is C13H14BrN5O. The lowest BCUT2D eigenvalue weighted by atomic mass is 10.3. The van der Waals surface area contributed by atoms with E-state index in [2.05, 4.69) is 36.5 Å². The lowest BCUT2D eigenvalue weighted by molar-refractivity contribution is -0.121. The molecule has 0 unspecified atom stereocenters. The number of nitrogens with one attached hydrogen (secondary N) is 1. The van der Waals surface area contributed by atoms with E-state index in [0.717, 1.165) is 21.4 Å². The molecule has 1 amide bonds. The van der Waals surface area contributed by atoms with Gasteiger partial charge in [-0.25, -0.2) is 5.43 Å². The molecule has 0 radical (unpaired) electrons. The molecule has 20 heavy (non-hydrogen) atoms. The van der Waals surface area contributed by atoms with Gasteiger partial charge in [0, 0.05) is 18.0 Å². The lowest BCUT2D eigenvalue weighted by Crippen LogP contribution is -2.24. The summed E-state index contributed by atoms with van der Waals surface area (Å²) in [5, 5.41) is 8.14. The molecule has 0 aliphatic carbocycles. The van der Waals surface area contributed by atoms with Crippen molar-refractivity contribution in [3.8, 4) is 0 Å². The number of aromatic nitrogens is 3. The summed E-state index contributed by atoms with van der Waals surface area (Å²) in [5.74, 6) is -0.233. The Bertz CT molecular complexity index is 636. The average molecular weight is 336 g/mol. The molecule has 0 bridgehead atoms. The van der Waals surface area contributed by atoms with Crippen molar-refractivity contribution in [1.29, 1.82) is 0 Å². The molecule has 0 spiro atoms. The molecule has 2 aromatic heterocycles. The van der Waals surface area contributed by atoms with E-state index in [1.54, 1.807) is 29.4 Å². The SMILES string of the molecule is Cc1nn(CC(=O)NN=Cc2cccnc2)c(C)c1Br. The Labute approximate surface area is 125 Å². The van der Waals surface area contributed by atoms with E-state index in [-0.39, 0.29) is 12.5 Å². The Morgan fingerprint density at radius 3 is 2.95 bits per heavy atom. The highest BCUT2D eigenvalue weighted by Gasteiger charge is 2.11. The van der Waals surface area contributed by atoms with Gasteiger partial charge in [-0.3, -0.25) is 14.5 Å². The van der Waals surface area contributed by atoms with E-state index in [9.17, 15) is 4.79 Å². The number of hydrogen-bond acceptors (Lipinski definition) is 4. The molecule has 6 nitrogen and oxygen atoms in total. The van der Waals surface area contributed by atoms with Crippen LogP contribution in [-0.2, 0) is 11.3 Å². The van der Waals surface area contributed by atoms with Gasteiger partial charge in [0.05, 0.1) is 22.1 Å². The van der Waals surface area contributed by atoms with E-state index in [1.807, 2.05) is 19.9 Å². The summed E-state index contributed by atoms with van der Waals surface area (Å²) in [5.41, 5.74) is 5.05. The molecule has 7 heteroatoms. The van der Waals surface area contributed by atoms with Crippen molar-refractivity contribution >= 4 is 28.1 Å². The standard InChI is InChI=1S/C13H14BrN5O/c1-9-13(14)10(2)19(18-9)8-12(20)17-16-7-11-4-3-5-15-6-11/h3-7H,8H2,1-2H3,(H,17,20). The van der Waals surface area contributed by atoms with Gasteiger partial charge in [0.15, 0.2) is 0 Å². The van der Waals surface area contributed by atoms with Crippen LogP contribution in [0.15, 0.2) is 34.1 Å². The Balaban J connectivity index is 1.93. The summed E-state index contributed by atoms with van der Waals surface area (Å²) >= 11 is 3.42. The number of hydrogen-bond donors (Lipinski definition) is 1. The number of nitrogens with zero attached hydrogens (tertiary/aromatic N) is 4. The summed E-state index contributed by atoms with van der Waals surface area (Å²) in [6.45, 7) is 3.91. The first kappa shape index (κ1) is 14.4. The lowest BCUT2D eigenvalue weighted by Gasteiger charge is -2.02. The number of carbonyl (C=O) groups excluding carboxylic acids is 1. The van der Waals surface area contributed by atoms with Gasteiger partial charge in [0.1, 0.15) is 6.54 Å². The van der Waals surface area contributed by atoms with Crippen LogP contribution in [0.4, 0.5) is 0 Å². The summed E-state index contributed by atoms with van der Waals surface area (Å²) in [6, 6.07) is 3.65. The van der Waals surface area contributed by atoms with E-state index >= 15 is 0 Å². The summed E-state index contributed by atoms with van der Waals surface area (Å²) in [7, 11) is 0. The number of halogens is 1. The van der Waals surface area contributed by atoms with Gasteiger partial charge in [-0.1, -0.05) is 6.07 Å². The zero-order valence-electron chi connectivity index (χ0n) is 11.2. The molecule has 2 rings (SSSR count). The molecular weight excluding hydrogens is 322 g/mol. The van der Waals surface area contributed by atoms with Crippen LogP contribution in [0, 0.1) is 13.8 Å². The normalized spacial score (nSPS) is 10.9. The average Bonchev–Trinajstić information content (AvgIpc) is 2.67. The molecule has 0 aliphatic rings. The molecule has 0 aliphatic heterocycles. The van der Waals surface area contributed by atoms with Gasteiger partial charge in [-0.2, -0.15) is 10.2 Å². The topological polar surface area (TPSA) is 72.2 Å². The van der Waals surface area contributed by atoms with Gasteiger partial charge >= 0.3 is 0 Å². The molecule has 0 fully saturated rings. The zero-order valence-corrected chi connectivity index (χ0v) is 12.8. The Kier molecular flexibility index (Phi) is 4.62. The molecule has 2 heterocycles. The fourth-order valence-electron chi connectivity index (χ4n) is 1.63. The number of amides is 1. The molecule has 0 saturated heterocycles. The maximum absolute atomic E-state index is 11.8. The van der Waals surface area contributed by atoms with Crippen molar-refractivity contribution in [3.63, 3.8) is 0 Å². The highest BCUT2D eigenvalue weighted by atomic mass is 79.9. The third-order valence-electron chi connectivity index (χ3n) is 2.67. The van der Waals surface area contributed by atoms with Gasteiger partial charge in [0.2, 0.25) is 0 Å². The monoisotopic (exact) mass is 335 g/mol. The quantitative estimate of drug-likeness (QED) is 0.684. The predicted octanol–water partition coefficient (Wildman–Crippen LogP) is 1.81. The van der Waals surface area contributed by atoms with Crippen LogP contribution in [0.2, 0.25) is 0 Å². The fourth-order valence-corrected chi connectivity index (χ4v) is 1.92. The maximum Gasteiger partial charge on any atom is 0.261 e. The highest BCUT2D eigenvalue weighted by molar-refractivity contribution is 9.10. The predicted molar refractivity (Wildman–Crippen MR) is 79.4 cm³/mol. The van der Waals surface area contributed by atoms with Crippen LogP contribution in [-0.4, -0.2) is 26.9 Å². The maximum atomic E-state index is 11.8. The Morgan fingerprint density at radius 1 is 1.55 bits per heavy atom. The molecule has 1 N–H and O–H groups in total. The molecule has 104 valence electrons. The Hall–Kier alpha value is -2.02. The van der Waals surface area contributed by atoms with Crippen molar-refractivity contribution in [1.82, 2.24) is 20.2 Å². The van der Waals surface area contributed by atoms with Crippen molar-refractivity contribution in [2.45, 2.75) is 20.4 Å². The second-order valence-corrected chi connectivity index (χ2v) is 5.01. The minimum Gasteiger partial charge on any atom is -0.271 e. The first-order chi connectivity index (χ1) is 9.58. The van der Waals surface area contributed by atoms with Crippen LogP contribution in [0.25, 0.3) is 0 Å². The van der Waals surface area contributed by atoms with Crippen LogP contribution >= 0.6 is 15.9 Å².